The lowest BCUT2D eigenvalue weighted by Crippen LogP contribution is -2.14. The highest BCUT2D eigenvalue weighted by Crippen LogP contribution is 2.22. The number of fused-ring (bicyclic) bond motifs is 1. The average Bonchev–Trinajstić information content (AvgIpc) is 2.48. The van der Waals surface area contributed by atoms with Crippen molar-refractivity contribution < 1.29 is 14.3 Å². The van der Waals surface area contributed by atoms with Crippen LogP contribution in [0.4, 0.5) is 5.82 Å². The Labute approximate surface area is 92.0 Å². The number of aromatic nitrogens is 2. The molecule has 0 aromatic carbocycles. The van der Waals surface area contributed by atoms with E-state index < -0.39 is 5.97 Å². The van der Waals surface area contributed by atoms with Gasteiger partial charge in [0.1, 0.15) is 12.1 Å². The number of ether oxygens (including phenoxy) is 1. The number of esters is 1. The molecule has 1 aliphatic heterocycles. The van der Waals surface area contributed by atoms with Gasteiger partial charge in [-0.05, 0) is 12.8 Å². The molecule has 2 rings (SSSR count). The van der Waals surface area contributed by atoms with Crippen LogP contribution in [0.3, 0.4) is 0 Å². The third kappa shape index (κ3) is 1.86. The number of nitrogens with one attached hydrogen (secondary N) is 1. The maximum absolute atomic E-state index is 11.5. The van der Waals surface area contributed by atoms with Crippen molar-refractivity contribution >= 4 is 17.7 Å². The monoisotopic (exact) mass is 221 g/mol. The molecule has 2 heterocycles. The summed E-state index contributed by atoms with van der Waals surface area (Å²) in [5.74, 6) is -0.180. The Balaban J connectivity index is 2.46. The van der Waals surface area contributed by atoms with Gasteiger partial charge in [-0.1, -0.05) is 0 Å². The van der Waals surface area contributed by atoms with E-state index in [4.69, 9.17) is 0 Å². The summed E-state index contributed by atoms with van der Waals surface area (Å²) in [6.45, 7) is 0. The highest BCUT2D eigenvalue weighted by atomic mass is 16.5. The number of rotatable bonds is 1. The SMILES string of the molecule is COC(=O)c1ncnc2c1CCCC(=O)N2. The Kier molecular flexibility index (Phi) is 2.80. The summed E-state index contributed by atoms with van der Waals surface area (Å²) < 4.78 is 4.63. The second-order valence-electron chi connectivity index (χ2n) is 3.44. The third-order valence-electron chi connectivity index (χ3n) is 2.41. The molecule has 1 aromatic heterocycles. The van der Waals surface area contributed by atoms with Gasteiger partial charge in [0.05, 0.1) is 7.11 Å². The van der Waals surface area contributed by atoms with Crippen LogP contribution in [0.25, 0.3) is 0 Å². The quantitative estimate of drug-likeness (QED) is 0.700. The lowest BCUT2D eigenvalue weighted by molar-refractivity contribution is -0.116. The number of hydrogen-bond acceptors (Lipinski definition) is 5. The fourth-order valence-electron chi connectivity index (χ4n) is 1.65. The van der Waals surface area contributed by atoms with Crippen LogP contribution < -0.4 is 5.32 Å². The van der Waals surface area contributed by atoms with Crippen LogP contribution >= 0.6 is 0 Å². The molecular formula is C10H11N3O3. The van der Waals surface area contributed by atoms with Gasteiger partial charge in [-0.2, -0.15) is 0 Å². The molecule has 0 bridgehead atoms. The highest BCUT2D eigenvalue weighted by Gasteiger charge is 2.21. The van der Waals surface area contributed by atoms with Crippen molar-refractivity contribution in [2.45, 2.75) is 19.3 Å². The third-order valence-corrected chi connectivity index (χ3v) is 2.41. The highest BCUT2D eigenvalue weighted by molar-refractivity contribution is 5.95. The Bertz CT molecular complexity index is 445. The van der Waals surface area contributed by atoms with Gasteiger partial charge >= 0.3 is 5.97 Å². The van der Waals surface area contributed by atoms with E-state index in [2.05, 4.69) is 20.0 Å². The molecule has 1 aliphatic rings. The van der Waals surface area contributed by atoms with Gasteiger partial charge in [-0.3, -0.25) is 4.79 Å². The molecule has 6 heteroatoms. The topological polar surface area (TPSA) is 81.2 Å². The first kappa shape index (κ1) is 10.5. The zero-order valence-corrected chi connectivity index (χ0v) is 8.82. The first-order chi connectivity index (χ1) is 7.72. The zero-order chi connectivity index (χ0) is 11.5. The summed E-state index contributed by atoms with van der Waals surface area (Å²) in [4.78, 5) is 30.6. The van der Waals surface area contributed by atoms with E-state index in [1.165, 1.54) is 13.4 Å². The van der Waals surface area contributed by atoms with Crippen LogP contribution in [0.2, 0.25) is 0 Å². The van der Waals surface area contributed by atoms with Crippen molar-refractivity contribution in [3.63, 3.8) is 0 Å². The maximum atomic E-state index is 11.5. The van der Waals surface area contributed by atoms with Gasteiger partial charge < -0.3 is 10.1 Å². The fraction of sp³-hybridized carbons (Fsp3) is 0.400. The number of hydrogen-bond donors (Lipinski definition) is 1. The molecule has 0 radical (unpaired) electrons. The molecule has 1 amide bonds. The Hall–Kier alpha value is -1.98. The van der Waals surface area contributed by atoms with Gasteiger partial charge in [-0.25, -0.2) is 14.8 Å². The molecule has 0 saturated carbocycles. The minimum atomic E-state index is -0.505. The van der Waals surface area contributed by atoms with Crippen molar-refractivity contribution in [1.82, 2.24) is 9.97 Å². The number of carbonyl (C=O) groups excluding carboxylic acids is 2. The lowest BCUT2D eigenvalue weighted by Gasteiger charge is -2.08. The van der Waals surface area contributed by atoms with Crippen LogP contribution in [0.5, 0.6) is 0 Å². The summed E-state index contributed by atoms with van der Waals surface area (Å²) >= 11 is 0. The first-order valence-corrected chi connectivity index (χ1v) is 4.94. The van der Waals surface area contributed by atoms with Gasteiger partial charge in [-0.15, -0.1) is 0 Å². The van der Waals surface area contributed by atoms with E-state index >= 15 is 0 Å². The number of anilines is 1. The predicted molar refractivity (Wildman–Crippen MR) is 54.9 cm³/mol. The Morgan fingerprint density at radius 2 is 2.25 bits per heavy atom. The smallest absolute Gasteiger partial charge is 0.357 e. The first-order valence-electron chi connectivity index (χ1n) is 4.94. The van der Waals surface area contributed by atoms with Gasteiger partial charge in [0.25, 0.3) is 0 Å². The minimum Gasteiger partial charge on any atom is -0.464 e. The van der Waals surface area contributed by atoms with E-state index in [0.717, 1.165) is 0 Å². The molecule has 6 nitrogen and oxygen atoms in total. The van der Waals surface area contributed by atoms with Crippen LogP contribution in [-0.2, 0) is 16.0 Å². The van der Waals surface area contributed by atoms with Crippen molar-refractivity contribution in [3.05, 3.63) is 17.6 Å². The number of carbonyl (C=O) groups is 2. The number of methoxy groups -OCH3 is 1. The molecule has 0 aliphatic carbocycles. The molecule has 0 spiro atoms. The van der Waals surface area contributed by atoms with E-state index in [-0.39, 0.29) is 11.6 Å². The average molecular weight is 221 g/mol. The number of nitrogens with zero attached hydrogens (tertiary/aromatic N) is 2. The minimum absolute atomic E-state index is 0.0896. The van der Waals surface area contributed by atoms with Crippen molar-refractivity contribution in [2.24, 2.45) is 0 Å². The largest absolute Gasteiger partial charge is 0.464 e. The van der Waals surface area contributed by atoms with E-state index in [9.17, 15) is 9.59 Å². The summed E-state index contributed by atoms with van der Waals surface area (Å²) in [6.07, 6.45) is 2.95. The number of amides is 1. The molecule has 0 saturated heterocycles. The summed E-state index contributed by atoms with van der Waals surface area (Å²) in [6, 6.07) is 0. The Morgan fingerprint density at radius 3 is 3.00 bits per heavy atom. The van der Waals surface area contributed by atoms with Crippen LogP contribution in [0, 0.1) is 0 Å². The Morgan fingerprint density at radius 1 is 1.44 bits per heavy atom. The molecular weight excluding hydrogens is 210 g/mol. The van der Waals surface area contributed by atoms with Gasteiger partial charge in [0.2, 0.25) is 5.91 Å². The molecule has 84 valence electrons. The normalized spacial score (nSPS) is 14.7. The maximum Gasteiger partial charge on any atom is 0.357 e. The van der Waals surface area contributed by atoms with E-state index in [1.807, 2.05) is 0 Å². The second-order valence-corrected chi connectivity index (χ2v) is 3.44. The van der Waals surface area contributed by atoms with Crippen molar-refractivity contribution in [3.8, 4) is 0 Å². The molecule has 0 fully saturated rings. The van der Waals surface area contributed by atoms with Crippen LogP contribution in [0.15, 0.2) is 6.33 Å². The standard InChI is InChI=1S/C10H11N3O3/c1-16-10(15)8-6-3-2-4-7(14)13-9(6)12-5-11-8/h5H,2-4H2,1H3,(H,11,12,13,14). The molecule has 1 aromatic rings. The molecule has 0 atom stereocenters. The summed E-state index contributed by atoms with van der Waals surface area (Å²) in [7, 11) is 1.30. The van der Waals surface area contributed by atoms with Crippen LogP contribution in [-0.4, -0.2) is 29.0 Å². The predicted octanol–water partition coefficient (Wildman–Crippen LogP) is 0.538. The molecule has 16 heavy (non-hydrogen) atoms. The van der Waals surface area contributed by atoms with Gasteiger partial charge in [0.15, 0.2) is 5.69 Å². The van der Waals surface area contributed by atoms with Gasteiger partial charge in [0, 0.05) is 12.0 Å². The zero-order valence-electron chi connectivity index (χ0n) is 8.82. The second kappa shape index (κ2) is 4.26. The van der Waals surface area contributed by atoms with Crippen LogP contribution in [0.1, 0.15) is 28.9 Å². The van der Waals surface area contributed by atoms with E-state index in [1.54, 1.807) is 0 Å². The molecule has 1 N–H and O–H groups in total. The molecule has 0 unspecified atom stereocenters. The van der Waals surface area contributed by atoms with Crippen molar-refractivity contribution in [1.29, 1.82) is 0 Å². The fourth-order valence-corrected chi connectivity index (χ4v) is 1.65. The summed E-state index contributed by atoms with van der Waals surface area (Å²) in [5.41, 5.74) is 0.884. The van der Waals surface area contributed by atoms with Crippen molar-refractivity contribution in [2.75, 3.05) is 12.4 Å². The van der Waals surface area contributed by atoms with E-state index in [0.29, 0.717) is 30.6 Å². The lowest BCUT2D eigenvalue weighted by atomic mass is 10.1. The summed E-state index contributed by atoms with van der Waals surface area (Å²) in [5, 5.41) is 2.64.